The van der Waals surface area contributed by atoms with Crippen molar-refractivity contribution in [1.82, 2.24) is 0 Å². The number of methoxy groups -OCH3 is 1. The average molecular weight is 635 g/mol. The molecule has 0 amide bonds. The number of carbonyl (C=O) groups excluding carboxylic acids is 1. The summed E-state index contributed by atoms with van der Waals surface area (Å²) < 4.78 is 42.2. The van der Waals surface area contributed by atoms with Crippen LogP contribution < -0.4 is 29.4 Å². The molecule has 4 aromatic carbocycles. The van der Waals surface area contributed by atoms with E-state index in [-0.39, 0.29) is 51.0 Å². The van der Waals surface area contributed by atoms with Crippen LogP contribution in [0.4, 0.5) is 4.39 Å². The largest absolute Gasteiger partial charge is 0.493 e. The number of carbonyl (C=O) groups is 1. The maximum Gasteiger partial charge on any atom is 0.343 e. The van der Waals surface area contributed by atoms with Crippen molar-refractivity contribution in [1.29, 1.82) is 5.26 Å². The molecule has 1 heterocycles. The first-order chi connectivity index (χ1) is 21.2. The molecule has 0 saturated carbocycles. The van der Waals surface area contributed by atoms with Crippen molar-refractivity contribution in [3.05, 3.63) is 122 Å². The van der Waals surface area contributed by atoms with Gasteiger partial charge in [-0.1, -0.05) is 53.5 Å². The Labute approximate surface area is 262 Å². The highest BCUT2D eigenvalue weighted by atomic mass is 35.5. The maximum absolute atomic E-state index is 14.1. The minimum Gasteiger partial charge on any atom is -0.493 e. The topological polar surface area (TPSA) is 113 Å². The lowest BCUT2D eigenvalue weighted by molar-refractivity contribution is 0.0734. The third-order valence-electron chi connectivity index (χ3n) is 6.79. The Balaban J connectivity index is 1.42. The predicted octanol–water partition coefficient (Wildman–Crippen LogP) is 7.56. The van der Waals surface area contributed by atoms with Crippen molar-refractivity contribution >= 4 is 29.2 Å². The number of nitriles is 1. The summed E-state index contributed by atoms with van der Waals surface area (Å²) in [6.07, 6.45) is 0. The molecule has 0 spiro atoms. The molecule has 0 saturated heterocycles. The van der Waals surface area contributed by atoms with Gasteiger partial charge in [0.1, 0.15) is 35.6 Å². The fraction of sp³-hybridized carbons (Fsp3) is 0.152. The molecule has 224 valence electrons. The van der Waals surface area contributed by atoms with Gasteiger partial charge in [0.25, 0.3) is 0 Å². The number of esters is 1. The van der Waals surface area contributed by atoms with Crippen LogP contribution in [0, 0.1) is 17.1 Å². The molecule has 0 radical (unpaired) electrons. The number of hydrogen-bond acceptors (Lipinski definition) is 8. The van der Waals surface area contributed by atoms with Crippen LogP contribution in [-0.4, -0.2) is 19.7 Å². The summed E-state index contributed by atoms with van der Waals surface area (Å²) in [5, 5.41) is 10.3. The molecular weight excluding hydrogens is 610 g/mol. The third kappa shape index (κ3) is 6.23. The summed E-state index contributed by atoms with van der Waals surface area (Å²) in [7, 11) is 1.48. The van der Waals surface area contributed by atoms with E-state index in [9.17, 15) is 14.4 Å². The number of allylic oxidation sites excluding steroid dienone is 1. The number of hydrogen-bond donors (Lipinski definition) is 1. The molecule has 5 rings (SSSR count). The van der Waals surface area contributed by atoms with Gasteiger partial charge < -0.3 is 29.4 Å². The van der Waals surface area contributed by atoms with Crippen molar-refractivity contribution in [2.24, 2.45) is 5.73 Å². The van der Waals surface area contributed by atoms with Crippen LogP contribution in [-0.2, 0) is 6.61 Å². The molecule has 0 aliphatic carbocycles. The fourth-order valence-corrected chi connectivity index (χ4v) is 5.32. The lowest BCUT2D eigenvalue weighted by Gasteiger charge is -2.27. The number of halogens is 3. The van der Waals surface area contributed by atoms with E-state index in [0.29, 0.717) is 40.5 Å². The molecule has 4 aromatic rings. The predicted molar refractivity (Wildman–Crippen MR) is 162 cm³/mol. The van der Waals surface area contributed by atoms with E-state index < -0.39 is 11.9 Å². The molecule has 11 heteroatoms. The first-order valence-corrected chi connectivity index (χ1v) is 14.1. The number of rotatable bonds is 9. The van der Waals surface area contributed by atoms with Crippen LogP contribution in [0.2, 0.25) is 10.0 Å². The first kappa shape index (κ1) is 30.5. The maximum atomic E-state index is 14.1. The van der Waals surface area contributed by atoms with Gasteiger partial charge in [0.15, 0.2) is 17.2 Å². The standard InChI is InChI=1S/C33H25Cl2FN2O6/c1-3-41-31-24(34)12-20(13-25(31)35)33(39)43-21-9-10-22-28(15-21)44-32(38)23(16-37)30(22)18-8-11-27(29(14-18)40-2)42-17-19-6-4-5-7-26(19)36/h4-15,30H,3,17,38H2,1-2H3. The molecule has 1 atom stereocenters. The van der Waals surface area contributed by atoms with Crippen molar-refractivity contribution in [3.63, 3.8) is 0 Å². The minimum absolute atomic E-state index is 0.00462. The second-order valence-electron chi connectivity index (χ2n) is 9.51. The minimum atomic E-state index is -0.707. The van der Waals surface area contributed by atoms with Gasteiger partial charge in [0.05, 0.1) is 35.2 Å². The van der Waals surface area contributed by atoms with Crippen LogP contribution in [0.25, 0.3) is 0 Å². The van der Waals surface area contributed by atoms with Crippen molar-refractivity contribution in [3.8, 4) is 34.8 Å². The summed E-state index contributed by atoms with van der Waals surface area (Å²) in [6, 6.07) is 21.2. The highest BCUT2D eigenvalue weighted by molar-refractivity contribution is 6.37. The molecular formula is C33H25Cl2FN2O6. The zero-order valence-corrected chi connectivity index (χ0v) is 25.0. The van der Waals surface area contributed by atoms with Gasteiger partial charge in [0, 0.05) is 17.2 Å². The Morgan fingerprint density at radius 3 is 2.45 bits per heavy atom. The Bertz CT molecular complexity index is 1800. The molecule has 0 bridgehead atoms. The lowest BCUT2D eigenvalue weighted by atomic mass is 9.83. The zero-order chi connectivity index (χ0) is 31.4. The Morgan fingerprint density at radius 2 is 1.77 bits per heavy atom. The van der Waals surface area contributed by atoms with Crippen LogP contribution in [0.1, 0.15) is 39.9 Å². The van der Waals surface area contributed by atoms with Gasteiger partial charge in [-0.25, -0.2) is 9.18 Å². The zero-order valence-electron chi connectivity index (χ0n) is 23.5. The van der Waals surface area contributed by atoms with Crippen LogP contribution >= 0.6 is 23.2 Å². The van der Waals surface area contributed by atoms with Crippen LogP contribution in [0.5, 0.6) is 28.7 Å². The van der Waals surface area contributed by atoms with E-state index in [1.807, 2.05) is 0 Å². The third-order valence-corrected chi connectivity index (χ3v) is 7.35. The summed E-state index contributed by atoms with van der Waals surface area (Å²) >= 11 is 12.5. The second kappa shape index (κ2) is 13.2. The molecule has 2 N–H and O–H groups in total. The molecule has 1 aliphatic rings. The van der Waals surface area contributed by atoms with Crippen LogP contribution in [0.15, 0.2) is 84.3 Å². The van der Waals surface area contributed by atoms with E-state index in [2.05, 4.69) is 6.07 Å². The highest BCUT2D eigenvalue weighted by Gasteiger charge is 2.32. The van der Waals surface area contributed by atoms with Gasteiger partial charge in [-0.15, -0.1) is 0 Å². The second-order valence-corrected chi connectivity index (χ2v) is 10.3. The molecule has 0 aromatic heterocycles. The van der Waals surface area contributed by atoms with E-state index in [1.54, 1.807) is 55.5 Å². The monoisotopic (exact) mass is 634 g/mol. The number of nitrogens with zero attached hydrogens (tertiary/aromatic N) is 1. The van der Waals surface area contributed by atoms with E-state index >= 15 is 0 Å². The van der Waals surface area contributed by atoms with E-state index in [4.69, 9.17) is 52.6 Å². The smallest absolute Gasteiger partial charge is 0.343 e. The number of benzene rings is 4. The SMILES string of the molecule is CCOc1c(Cl)cc(C(=O)Oc2ccc3c(c2)OC(N)=C(C#N)C3c2ccc(OCc3ccccc3F)c(OC)c2)cc1Cl. The Hall–Kier alpha value is -4.91. The van der Waals surface area contributed by atoms with E-state index in [0.717, 1.165) is 0 Å². The van der Waals surface area contributed by atoms with Crippen molar-refractivity contribution in [2.45, 2.75) is 19.4 Å². The molecule has 0 fully saturated rings. The first-order valence-electron chi connectivity index (χ1n) is 13.3. The molecule has 1 unspecified atom stereocenters. The Kier molecular flexibility index (Phi) is 9.14. The average Bonchev–Trinajstić information content (AvgIpc) is 3.01. The molecule has 1 aliphatic heterocycles. The summed E-state index contributed by atoms with van der Waals surface area (Å²) in [5.74, 6) is -0.323. The van der Waals surface area contributed by atoms with Gasteiger partial charge in [-0.05, 0) is 48.9 Å². The van der Waals surface area contributed by atoms with Gasteiger partial charge in [0.2, 0.25) is 5.88 Å². The molecule has 44 heavy (non-hydrogen) atoms. The molecule has 8 nitrogen and oxygen atoms in total. The van der Waals surface area contributed by atoms with E-state index in [1.165, 1.54) is 31.4 Å². The number of nitrogens with two attached hydrogens (primary N) is 1. The number of fused-ring (bicyclic) bond motifs is 1. The fourth-order valence-electron chi connectivity index (χ4n) is 4.72. The normalized spacial score (nSPS) is 13.8. The summed E-state index contributed by atoms with van der Waals surface area (Å²) in [6.45, 7) is 2.13. The van der Waals surface area contributed by atoms with Crippen molar-refractivity contribution < 1.29 is 32.9 Å². The highest BCUT2D eigenvalue weighted by Crippen LogP contribution is 2.45. The Morgan fingerprint density at radius 1 is 1.02 bits per heavy atom. The van der Waals surface area contributed by atoms with Gasteiger partial charge >= 0.3 is 5.97 Å². The van der Waals surface area contributed by atoms with Crippen LogP contribution in [0.3, 0.4) is 0 Å². The lowest BCUT2D eigenvalue weighted by Crippen LogP contribution is -2.21. The number of ether oxygens (including phenoxy) is 5. The van der Waals surface area contributed by atoms with Gasteiger partial charge in [-0.3, -0.25) is 0 Å². The van der Waals surface area contributed by atoms with Crippen molar-refractivity contribution in [2.75, 3.05) is 13.7 Å². The van der Waals surface area contributed by atoms with Gasteiger partial charge in [-0.2, -0.15) is 5.26 Å². The summed E-state index contributed by atoms with van der Waals surface area (Å²) in [4.78, 5) is 12.9. The summed E-state index contributed by atoms with van der Waals surface area (Å²) in [5.41, 5.74) is 8.13. The quantitative estimate of drug-likeness (QED) is 0.148.